The number of para-hydroxylation sites is 1. The Morgan fingerprint density at radius 2 is 1.91 bits per heavy atom. The second kappa shape index (κ2) is 9.54. The number of hydrogen-bond donors (Lipinski definition) is 1. The maximum atomic E-state index is 14.2. The smallest absolute Gasteiger partial charge is 0.260 e. The normalized spacial score (nSPS) is 11.7. The molecule has 10 heteroatoms. The van der Waals surface area contributed by atoms with Gasteiger partial charge in [-0.05, 0) is 50.2 Å². The first-order chi connectivity index (χ1) is 15.1. The Morgan fingerprint density at radius 1 is 1.19 bits per heavy atom. The lowest BCUT2D eigenvalue weighted by Gasteiger charge is -2.21. The number of hydrogen-bond acceptors (Lipinski definition) is 4. The van der Waals surface area contributed by atoms with E-state index in [1.54, 1.807) is 41.0 Å². The molecule has 0 radical (unpaired) electrons. The maximum absolute atomic E-state index is 14.2. The number of aryl methyl sites for hydroxylation is 1. The average molecular weight is 477 g/mol. The number of nitrogens with zero attached hydrogens (tertiary/aromatic N) is 3. The molecule has 3 rings (SSSR count). The summed E-state index contributed by atoms with van der Waals surface area (Å²) in [6.45, 7) is 3.18. The summed E-state index contributed by atoms with van der Waals surface area (Å²) in [6.07, 6.45) is 2.43. The van der Waals surface area contributed by atoms with Gasteiger partial charge in [0.05, 0.1) is 23.8 Å². The Morgan fingerprint density at radius 3 is 2.56 bits per heavy atom. The van der Waals surface area contributed by atoms with Crippen molar-refractivity contribution in [1.82, 2.24) is 9.99 Å². The summed E-state index contributed by atoms with van der Waals surface area (Å²) in [7, 11) is -3.73. The van der Waals surface area contributed by atoms with Gasteiger partial charge in [0, 0.05) is 22.0 Å². The Bertz CT molecular complexity index is 1290. The van der Waals surface area contributed by atoms with E-state index in [1.807, 2.05) is 19.9 Å². The monoisotopic (exact) mass is 476 g/mol. The minimum atomic E-state index is -3.73. The van der Waals surface area contributed by atoms with Gasteiger partial charge in [0.1, 0.15) is 12.4 Å². The fraction of sp³-hybridized carbons (Fsp3) is 0.182. The van der Waals surface area contributed by atoms with Gasteiger partial charge >= 0.3 is 0 Å². The van der Waals surface area contributed by atoms with Crippen LogP contribution in [0.4, 0.5) is 10.1 Å². The molecule has 0 saturated carbocycles. The lowest BCUT2D eigenvalue weighted by molar-refractivity contribution is -0.119. The van der Waals surface area contributed by atoms with Gasteiger partial charge in [-0.1, -0.05) is 29.8 Å². The molecule has 0 aliphatic carbocycles. The van der Waals surface area contributed by atoms with Crippen LogP contribution in [0.1, 0.15) is 17.0 Å². The number of sulfonamides is 1. The summed E-state index contributed by atoms with van der Waals surface area (Å²) in [4.78, 5) is 12.4. The summed E-state index contributed by atoms with van der Waals surface area (Å²) in [6, 6.07) is 14.4. The first-order valence-corrected chi connectivity index (χ1v) is 11.8. The van der Waals surface area contributed by atoms with Gasteiger partial charge in [-0.2, -0.15) is 5.10 Å². The second-order valence-corrected chi connectivity index (χ2v) is 9.50. The fourth-order valence-corrected chi connectivity index (χ4v) is 4.33. The average Bonchev–Trinajstić information content (AvgIpc) is 2.99. The molecule has 32 heavy (non-hydrogen) atoms. The summed E-state index contributed by atoms with van der Waals surface area (Å²) < 4.78 is 41.2. The van der Waals surface area contributed by atoms with Crippen molar-refractivity contribution in [1.29, 1.82) is 0 Å². The van der Waals surface area contributed by atoms with Crippen LogP contribution in [0, 0.1) is 19.7 Å². The first kappa shape index (κ1) is 23.5. The molecule has 7 nitrogen and oxygen atoms in total. The molecule has 0 bridgehead atoms. The van der Waals surface area contributed by atoms with E-state index in [9.17, 15) is 17.6 Å². The van der Waals surface area contributed by atoms with Crippen molar-refractivity contribution >= 4 is 39.4 Å². The molecule has 1 aromatic heterocycles. The maximum Gasteiger partial charge on any atom is 0.260 e. The van der Waals surface area contributed by atoms with Crippen LogP contribution < -0.4 is 9.73 Å². The number of carbonyl (C=O) groups is 1. The van der Waals surface area contributed by atoms with Gasteiger partial charge in [0.2, 0.25) is 10.0 Å². The van der Waals surface area contributed by atoms with Gasteiger partial charge in [0.15, 0.2) is 0 Å². The number of nitrogens with one attached hydrogen (secondary N) is 1. The number of rotatable bonds is 7. The summed E-state index contributed by atoms with van der Waals surface area (Å²) in [5.41, 5.74) is 5.23. The van der Waals surface area contributed by atoms with Gasteiger partial charge in [-0.3, -0.25) is 9.10 Å². The Balaban J connectivity index is 1.75. The van der Waals surface area contributed by atoms with Gasteiger partial charge in [0.25, 0.3) is 5.91 Å². The quantitative estimate of drug-likeness (QED) is 0.416. The highest BCUT2D eigenvalue weighted by molar-refractivity contribution is 7.92. The number of anilines is 1. The Labute approximate surface area is 191 Å². The van der Waals surface area contributed by atoms with E-state index < -0.39 is 22.5 Å². The third kappa shape index (κ3) is 5.35. The topological polar surface area (TPSA) is 83.8 Å². The molecule has 0 atom stereocenters. The van der Waals surface area contributed by atoms with E-state index in [0.29, 0.717) is 16.3 Å². The van der Waals surface area contributed by atoms with Crippen LogP contribution in [0.25, 0.3) is 5.69 Å². The molecule has 0 saturated heterocycles. The minimum Gasteiger partial charge on any atom is -0.315 e. The third-order valence-corrected chi connectivity index (χ3v) is 6.12. The molecule has 168 valence electrons. The van der Waals surface area contributed by atoms with Crippen LogP contribution in [0.3, 0.4) is 0 Å². The van der Waals surface area contributed by atoms with Crippen LogP contribution in [0.5, 0.6) is 0 Å². The van der Waals surface area contributed by atoms with Crippen molar-refractivity contribution in [3.8, 4) is 5.69 Å². The molecule has 0 aliphatic rings. The van der Waals surface area contributed by atoms with Crippen molar-refractivity contribution < 1.29 is 17.6 Å². The third-order valence-electron chi connectivity index (χ3n) is 4.74. The molecule has 0 unspecified atom stereocenters. The van der Waals surface area contributed by atoms with Crippen molar-refractivity contribution in [3.63, 3.8) is 0 Å². The van der Waals surface area contributed by atoms with Gasteiger partial charge in [-0.15, -0.1) is 0 Å². The first-order valence-electron chi connectivity index (χ1n) is 9.57. The predicted molar refractivity (Wildman–Crippen MR) is 125 cm³/mol. The van der Waals surface area contributed by atoms with E-state index in [2.05, 4.69) is 10.5 Å². The molecule has 1 amide bonds. The minimum absolute atomic E-state index is 0.271. The van der Waals surface area contributed by atoms with E-state index in [-0.39, 0.29) is 11.5 Å². The predicted octanol–water partition coefficient (Wildman–Crippen LogP) is 3.80. The summed E-state index contributed by atoms with van der Waals surface area (Å²) >= 11 is 5.94. The van der Waals surface area contributed by atoms with Crippen LogP contribution in [-0.2, 0) is 14.8 Å². The zero-order valence-electron chi connectivity index (χ0n) is 17.7. The molecule has 2 aromatic carbocycles. The second-order valence-electron chi connectivity index (χ2n) is 7.16. The van der Waals surface area contributed by atoms with E-state index in [0.717, 1.165) is 21.9 Å². The summed E-state index contributed by atoms with van der Waals surface area (Å²) in [5, 5.41) is 4.29. The Hall–Kier alpha value is -3.17. The van der Waals surface area contributed by atoms with Crippen LogP contribution in [-0.4, -0.2) is 37.9 Å². The standard InChI is InChI=1S/C22H22ClFN4O3S/c1-15-11-17(16(2)28(15)21-10-5-4-9-20(21)24)13-25-26-22(29)14-27(32(3,30)31)19-8-6-7-18(23)12-19/h4-13H,14H2,1-3H3,(H,26,29)/b25-13-. The molecule has 0 aliphatic heterocycles. The zero-order valence-corrected chi connectivity index (χ0v) is 19.3. The molecule has 1 N–H and O–H groups in total. The van der Waals surface area contributed by atoms with Crippen molar-refractivity contribution in [2.24, 2.45) is 5.10 Å². The van der Waals surface area contributed by atoms with Gasteiger partial charge < -0.3 is 4.57 Å². The number of halogens is 2. The number of benzene rings is 2. The van der Waals surface area contributed by atoms with Crippen LogP contribution in [0.15, 0.2) is 59.7 Å². The van der Waals surface area contributed by atoms with E-state index in [1.165, 1.54) is 18.3 Å². The van der Waals surface area contributed by atoms with Crippen molar-refractivity contribution in [2.75, 3.05) is 17.1 Å². The zero-order chi connectivity index (χ0) is 23.5. The molecule has 1 heterocycles. The van der Waals surface area contributed by atoms with Gasteiger partial charge in [-0.25, -0.2) is 18.2 Å². The highest BCUT2D eigenvalue weighted by atomic mass is 35.5. The van der Waals surface area contributed by atoms with Crippen LogP contribution in [0.2, 0.25) is 5.02 Å². The van der Waals surface area contributed by atoms with E-state index >= 15 is 0 Å². The van der Waals surface area contributed by atoms with Crippen molar-refractivity contribution in [2.45, 2.75) is 13.8 Å². The lowest BCUT2D eigenvalue weighted by Crippen LogP contribution is -2.39. The van der Waals surface area contributed by atoms with Crippen LogP contribution >= 0.6 is 11.6 Å². The Kier molecular flexibility index (Phi) is 7.00. The molecule has 0 fully saturated rings. The van der Waals surface area contributed by atoms with Crippen molar-refractivity contribution in [3.05, 3.63) is 82.4 Å². The molecule has 3 aromatic rings. The highest BCUT2D eigenvalue weighted by Crippen LogP contribution is 2.23. The number of hydrazone groups is 1. The largest absolute Gasteiger partial charge is 0.315 e. The SMILES string of the molecule is Cc1cc(/C=N\NC(=O)CN(c2cccc(Cl)c2)S(C)(=O)=O)c(C)n1-c1ccccc1F. The molecular weight excluding hydrogens is 455 g/mol. The highest BCUT2D eigenvalue weighted by Gasteiger charge is 2.21. The number of amides is 1. The number of aromatic nitrogens is 1. The fourth-order valence-electron chi connectivity index (χ4n) is 3.29. The number of carbonyl (C=O) groups excluding carboxylic acids is 1. The molecular formula is C22H22ClFN4O3S. The van der Waals surface area contributed by atoms with E-state index in [4.69, 9.17) is 11.6 Å². The lowest BCUT2D eigenvalue weighted by atomic mass is 10.2. The molecule has 0 spiro atoms. The summed E-state index contributed by atoms with van der Waals surface area (Å²) in [5.74, 6) is -0.984.